The van der Waals surface area contributed by atoms with E-state index >= 15 is 0 Å². The zero-order valence-electron chi connectivity index (χ0n) is 12.0. The highest BCUT2D eigenvalue weighted by atomic mass is 35.5. The summed E-state index contributed by atoms with van der Waals surface area (Å²) >= 11 is 7.29. The van der Waals surface area contributed by atoms with Gasteiger partial charge >= 0.3 is 5.97 Å². The number of carboxylic acid groups (broad SMARTS) is 1. The summed E-state index contributed by atoms with van der Waals surface area (Å²) in [5, 5.41) is 9.37. The lowest BCUT2D eigenvalue weighted by Gasteiger charge is -2.07. The van der Waals surface area contributed by atoms with E-state index in [0.29, 0.717) is 17.2 Å². The Morgan fingerprint density at radius 1 is 1.26 bits per heavy atom. The fourth-order valence-electron chi connectivity index (χ4n) is 2.52. The number of furan rings is 1. The summed E-state index contributed by atoms with van der Waals surface area (Å²) in [7, 11) is 0. The molecule has 118 valence electrons. The molecular formula is C17H13ClO4S. The van der Waals surface area contributed by atoms with Gasteiger partial charge in [0.1, 0.15) is 0 Å². The van der Waals surface area contributed by atoms with Gasteiger partial charge in [-0.15, -0.1) is 11.8 Å². The van der Waals surface area contributed by atoms with Gasteiger partial charge in [0.25, 0.3) is 0 Å². The fraction of sp³-hybridized carbons (Fsp3) is 0.176. The van der Waals surface area contributed by atoms with Crippen LogP contribution in [0.15, 0.2) is 52.7 Å². The number of Topliss-reactive ketones (excluding diaryl/α,β-unsaturated/α-hetero) is 1. The fourth-order valence-corrected chi connectivity index (χ4v) is 4.03. The van der Waals surface area contributed by atoms with E-state index in [-0.39, 0.29) is 17.5 Å². The maximum atomic E-state index is 12.5. The SMILES string of the molecule is O=C(O)CC1=C(c2ccc(Cl)cc2)SC(C(=O)c2ccco2)C1. The highest BCUT2D eigenvalue weighted by molar-refractivity contribution is 8.09. The van der Waals surface area contributed by atoms with Crippen LogP contribution < -0.4 is 0 Å². The highest BCUT2D eigenvalue weighted by Gasteiger charge is 2.33. The minimum Gasteiger partial charge on any atom is -0.481 e. The Balaban J connectivity index is 1.88. The summed E-state index contributed by atoms with van der Waals surface area (Å²) in [6, 6.07) is 10.5. The van der Waals surface area contributed by atoms with E-state index in [9.17, 15) is 9.59 Å². The van der Waals surface area contributed by atoms with Crippen LogP contribution in [-0.4, -0.2) is 22.1 Å². The van der Waals surface area contributed by atoms with Crippen molar-refractivity contribution >= 4 is 40.0 Å². The van der Waals surface area contributed by atoms with Crippen LogP contribution in [0.4, 0.5) is 0 Å². The molecule has 2 heterocycles. The first-order valence-corrected chi connectivity index (χ1v) is 8.24. The van der Waals surface area contributed by atoms with Crippen molar-refractivity contribution in [2.45, 2.75) is 18.1 Å². The predicted molar refractivity (Wildman–Crippen MR) is 89.7 cm³/mol. The molecule has 0 saturated heterocycles. The molecule has 0 aliphatic carbocycles. The Kier molecular flexibility index (Phi) is 4.59. The lowest BCUT2D eigenvalue weighted by Crippen LogP contribution is -2.14. The number of thioether (sulfide) groups is 1. The van der Waals surface area contributed by atoms with Crippen LogP contribution in [0.1, 0.15) is 29.0 Å². The van der Waals surface area contributed by atoms with Crippen molar-refractivity contribution in [3.8, 4) is 0 Å². The predicted octanol–water partition coefficient (Wildman–Crippen LogP) is 4.51. The first kappa shape index (κ1) is 15.9. The van der Waals surface area contributed by atoms with Crippen molar-refractivity contribution in [3.63, 3.8) is 0 Å². The number of ketones is 1. The van der Waals surface area contributed by atoms with Gasteiger partial charge in [0.2, 0.25) is 5.78 Å². The van der Waals surface area contributed by atoms with E-state index in [1.807, 2.05) is 12.1 Å². The van der Waals surface area contributed by atoms with Crippen molar-refractivity contribution in [3.05, 3.63) is 64.6 Å². The maximum absolute atomic E-state index is 12.5. The number of aliphatic carboxylic acids is 1. The van der Waals surface area contributed by atoms with E-state index in [1.54, 1.807) is 24.3 Å². The first-order chi connectivity index (χ1) is 11.0. The van der Waals surface area contributed by atoms with Gasteiger partial charge in [-0.05, 0) is 41.8 Å². The van der Waals surface area contributed by atoms with Gasteiger partial charge < -0.3 is 9.52 Å². The number of hydrogen-bond acceptors (Lipinski definition) is 4. The molecule has 0 amide bonds. The lowest BCUT2D eigenvalue weighted by atomic mass is 10.0. The molecule has 1 aromatic carbocycles. The average molecular weight is 349 g/mol. The second-order valence-corrected chi connectivity index (χ2v) is 6.81. The van der Waals surface area contributed by atoms with Gasteiger partial charge in [-0.25, -0.2) is 0 Å². The molecule has 0 bridgehead atoms. The number of rotatable bonds is 5. The maximum Gasteiger partial charge on any atom is 0.307 e. The number of hydrogen-bond donors (Lipinski definition) is 1. The molecule has 1 atom stereocenters. The third kappa shape index (κ3) is 3.51. The Labute approximate surface area is 142 Å². The van der Waals surface area contributed by atoms with Crippen molar-refractivity contribution < 1.29 is 19.1 Å². The second-order valence-electron chi connectivity index (χ2n) is 5.16. The zero-order chi connectivity index (χ0) is 16.4. The number of carbonyl (C=O) groups excluding carboxylic acids is 1. The Hall–Kier alpha value is -1.98. The molecule has 0 saturated carbocycles. The summed E-state index contributed by atoms with van der Waals surface area (Å²) in [6.45, 7) is 0. The van der Waals surface area contributed by atoms with Crippen LogP contribution >= 0.6 is 23.4 Å². The first-order valence-electron chi connectivity index (χ1n) is 6.98. The van der Waals surface area contributed by atoms with Crippen molar-refractivity contribution in [1.82, 2.24) is 0 Å². The number of benzene rings is 1. The van der Waals surface area contributed by atoms with Gasteiger partial charge in [0.05, 0.1) is 17.9 Å². The number of carboxylic acids is 1. The molecule has 1 aliphatic rings. The smallest absolute Gasteiger partial charge is 0.307 e. The summed E-state index contributed by atoms with van der Waals surface area (Å²) < 4.78 is 5.17. The molecule has 4 nitrogen and oxygen atoms in total. The van der Waals surface area contributed by atoms with Gasteiger partial charge in [-0.3, -0.25) is 9.59 Å². The molecule has 23 heavy (non-hydrogen) atoms. The largest absolute Gasteiger partial charge is 0.481 e. The van der Waals surface area contributed by atoms with Gasteiger partial charge in [0.15, 0.2) is 5.76 Å². The van der Waals surface area contributed by atoms with E-state index in [4.69, 9.17) is 21.1 Å². The molecule has 2 aromatic rings. The molecule has 1 aliphatic heterocycles. The normalized spacial score (nSPS) is 17.5. The molecule has 0 fully saturated rings. The van der Waals surface area contributed by atoms with E-state index < -0.39 is 5.97 Å². The molecule has 6 heteroatoms. The molecule has 3 rings (SSSR count). The topological polar surface area (TPSA) is 67.5 Å². The minimum absolute atomic E-state index is 0.0765. The third-order valence-electron chi connectivity index (χ3n) is 3.54. The Bertz CT molecular complexity index is 762. The van der Waals surface area contributed by atoms with Crippen molar-refractivity contribution in [2.75, 3.05) is 0 Å². The van der Waals surface area contributed by atoms with Crippen LogP contribution in [0.2, 0.25) is 5.02 Å². The van der Waals surface area contributed by atoms with Crippen LogP contribution in [0.5, 0.6) is 0 Å². The Morgan fingerprint density at radius 3 is 2.61 bits per heavy atom. The summed E-state index contributed by atoms with van der Waals surface area (Å²) in [4.78, 5) is 24.4. The molecule has 1 N–H and O–H groups in total. The van der Waals surface area contributed by atoms with Gasteiger partial charge in [0, 0.05) is 9.93 Å². The van der Waals surface area contributed by atoms with E-state index in [1.165, 1.54) is 18.0 Å². The van der Waals surface area contributed by atoms with Crippen LogP contribution in [0, 0.1) is 0 Å². The van der Waals surface area contributed by atoms with Crippen molar-refractivity contribution in [1.29, 1.82) is 0 Å². The number of carbonyl (C=O) groups is 2. The molecule has 1 aromatic heterocycles. The third-order valence-corrected chi connectivity index (χ3v) is 5.22. The van der Waals surface area contributed by atoms with Crippen LogP contribution in [-0.2, 0) is 4.79 Å². The summed E-state index contributed by atoms with van der Waals surface area (Å²) in [5.74, 6) is -0.723. The van der Waals surface area contributed by atoms with E-state index in [0.717, 1.165) is 16.0 Å². The van der Waals surface area contributed by atoms with Gasteiger partial charge in [-0.2, -0.15) is 0 Å². The quantitative estimate of drug-likeness (QED) is 0.805. The monoisotopic (exact) mass is 348 g/mol. The zero-order valence-corrected chi connectivity index (χ0v) is 13.6. The van der Waals surface area contributed by atoms with Gasteiger partial charge in [-0.1, -0.05) is 23.7 Å². The average Bonchev–Trinajstić information content (AvgIpc) is 3.16. The summed E-state index contributed by atoms with van der Waals surface area (Å²) in [6.07, 6.45) is 1.79. The molecular weight excluding hydrogens is 336 g/mol. The van der Waals surface area contributed by atoms with E-state index in [2.05, 4.69) is 0 Å². The standard InChI is InChI=1S/C17H13ClO4S/c18-12-5-3-10(4-6-12)17-11(9-15(19)20)8-14(23-17)16(21)13-2-1-7-22-13/h1-7,14H,8-9H2,(H,19,20). The molecule has 1 unspecified atom stereocenters. The highest BCUT2D eigenvalue weighted by Crippen LogP contribution is 2.46. The minimum atomic E-state index is -0.904. The lowest BCUT2D eigenvalue weighted by molar-refractivity contribution is -0.136. The van der Waals surface area contributed by atoms with Crippen LogP contribution in [0.3, 0.4) is 0 Å². The Morgan fingerprint density at radius 2 is 2.00 bits per heavy atom. The van der Waals surface area contributed by atoms with Crippen LogP contribution in [0.25, 0.3) is 4.91 Å². The number of halogens is 1. The second kappa shape index (κ2) is 6.64. The molecule has 0 radical (unpaired) electrons. The summed E-state index contributed by atoms with van der Waals surface area (Å²) in [5.41, 5.74) is 1.64. The van der Waals surface area contributed by atoms with Crippen molar-refractivity contribution in [2.24, 2.45) is 0 Å². The molecule has 0 spiro atoms.